The van der Waals surface area contributed by atoms with Gasteiger partial charge in [-0.2, -0.15) is 0 Å². The van der Waals surface area contributed by atoms with Crippen LogP contribution in [0.2, 0.25) is 0 Å². The van der Waals surface area contributed by atoms with Crippen molar-refractivity contribution in [2.45, 2.75) is 13.5 Å². The van der Waals surface area contributed by atoms with Gasteiger partial charge in [-0.15, -0.1) is 0 Å². The highest BCUT2D eigenvalue weighted by Gasteiger charge is 2.14. The average Bonchev–Trinajstić information content (AvgIpc) is 2.76. The first-order valence-corrected chi connectivity index (χ1v) is 9.36. The Balaban J connectivity index is 1.84. The fraction of sp³-hybridized carbons (Fsp3) is 0.350. The Morgan fingerprint density at radius 3 is 2.33 bits per heavy atom. The number of para-hydroxylation sites is 2. The van der Waals surface area contributed by atoms with Gasteiger partial charge < -0.3 is 30.2 Å². The summed E-state index contributed by atoms with van der Waals surface area (Å²) in [5, 5.41) is 19.4. The van der Waals surface area contributed by atoms with Crippen molar-refractivity contribution in [2.75, 3.05) is 39.2 Å². The fourth-order valence-electron chi connectivity index (χ4n) is 2.72. The van der Waals surface area contributed by atoms with Gasteiger partial charge in [0.05, 0.1) is 25.7 Å². The van der Waals surface area contributed by atoms with Crippen molar-refractivity contribution in [3.05, 3.63) is 52.1 Å². The molecule has 2 rings (SSSR count). The lowest BCUT2D eigenvalue weighted by atomic mass is 10.2. The number of nitro benzene ring substituents is 1. The third kappa shape index (κ3) is 6.16. The second kappa shape index (κ2) is 11.3. The maximum absolute atomic E-state index is 12.0. The number of urea groups is 1. The monoisotopic (exact) mass is 418 g/mol. The maximum Gasteiger partial charge on any atom is 0.315 e. The van der Waals surface area contributed by atoms with Crippen LogP contribution in [0.4, 0.5) is 16.2 Å². The molecule has 30 heavy (non-hydrogen) atoms. The van der Waals surface area contributed by atoms with Crippen molar-refractivity contribution in [1.82, 2.24) is 10.6 Å². The van der Waals surface area contributed by atoms with Crippen LogP contribution in [0.5, 0.6) is 17.2 Å². The van der Waals surface area contributed by atoms with Crippen molar-refractivity contribution < 1.29 is 23.9 Å². The number of benzene rings is 2. The van der Waals surface area contributed by atoms with Gasteiger partial charge in [0.2, 0.25) is 5.75 Å². The number of rotatable bonds is 11. The number of carbonyl (C=O) groups is 1. The van der Waals surface area contributed by atoms with E-state index < -0.39 is 4.92 Å². The number of carbonyl (C=O) groups excluding carboxylic acids is 1. The van der Waals surface area contributed by atoms with E-state index >= 15 is 0 Å². The molecule has 0 heterocycles. The summed E-state index contributed by atoms with van der Waals surface area (Å²) in [5.74, 6) is 1.54. The zero-order chi connectivity index (χ0) is 21.9. The van der Waals surface area contributed by atoms with E-state index in [9.17, 15) is 14.9 Å². The zero-order valence-corrected chi connectivity index (χ0v) is 17.2. The second-order valence-electron chi connectivity index (χ2n) is 6.07. The van der Waals surface area contributed by atoms with Gasteiger partial charge in [-0.25, -0.2) is 4.79 Å². The quantitative estimate of drug-likeness (QED) is 0.291. The molecule has 0 aliphatic carbocycles. The third-order valence-corrected chi connectivity index (χ3v) is 4.09. The third-order valence-electron chi connectivity index (χ3n) is 4.09. The van der Waals surface area contributed by atoms with Crippen LogP contribution in [0.1, 0.15) is 12.5 Å². The molecule has 0 atom stereocenters. The van der Waals surface area contributed by atoms with E-state index in [0.717, 1.165) is 5.56 Å². The van der Waals surface area contributed by atoms with Crippen molar-refractivity contribution >= 4 is 17.4 Å². The van der Waals surface area contributed by atoms with Crippen LogP contribution in [0, 0.1) is 10.1 Å². The Morgan fingerprint density at radius 2 is 1.73 bits per heavy atom. The standard InChI is InChI=1S/C20H26N4O6/c1-4-30-19-17(28-2)11-14(12-18(19)29-3)13-23-20(25)22-10-9-21-15-7-5-6-8-16(15)24(26)27/h5-8,11-12,21H,4,9-10,13H2,1-3H3,(H2,22,23,25). The molecule has 0 aliphatic heterocycles. The van der Waals surface area contributed by atoms with Crippen molar-refractivity contribution in [3.8, 4) is 17.2 Å². The molecule has 0 saturated heterocycles. The van der Waals surface area contributed by atoms with Gasteiger partial charge in [-0.05, 0) is 30.7 Å². The molecule has 0 aromatic heterocycles. The number of hydrogen-bond donors (Lipinski definition) is 3. The zero-order valence-electron chi connectivity index (χ0n) is 17.2. The summed E-state index contributed by atoms with van der Waals surface area (Å²) in [6, 6.07) is 9.50. The first kappa shape index (κ1) is 22.6. The molecule has 0 fully saturated rings. The highest BCUT2D eigenvalue weighted by Crippen LogP contribution is 2.38. The van der Waals surface area contributed by atoms with E-state index in [4.69, 9.17) is 14.2 Å². The van der Waals surface area contributed by atoms with Crippen LogP contribution in [0.15, 0.2) is 36.4 Å². The summed E-state index contributed by atoms with van der Waals surface area (Å²) in [6.45, 7) is 3.20. The second-order valence-corrected chi connectivity index (χ2v) is 6.07. The van der Waals surface area contributed by atoms with Crippen LogP contribution >= 0.6 is 0 Å². The molecule has 0 bridgehead atoms. The summed E-state index contributed by atoms with van der Waals surface area (Å²) in [6.07, 6.45) is 0. The number of amides is 2. The molecule has 0 spiro atoms. The van der Waals surface area contributed by atoms with E-state index in [-0.39, 0.29) is 24.8 Å². The van der Waals surface area contributed by atoms with Gasteiger partial charge in [-0.1, -0.05) is 12.1 Å². The van der Waals surface area contributed by atoms with E-state index in [1.54, 1.807) is 30.3 Å². The van der Waals surface area contributed by atoms with E-state index in [0.29, 0.717) is 36.1 Å². The first-order chi connectivity index (χ1) is 14.5. The Kier molecular flexibility index (Phi) is 8.55. The van der Waals surface area contributed by atoms with E-state index in [1.807, 2.05) is 6.92 Å². The number of hydrogen-bond acceptors (Lipinski definition) is 7. The summed E-state index contributed by atoms with van der Waals surface area (Å²) >= 11 is 0. The highest BCUT2D eigenvalue weighted by atomic mass is 16.6. The Morgan fingerprint density at radius 1 is 1.07 bits per heavy atom. The van der Waals surface area contributed by atoms with Gasteiger partial charge in [0, 0.05) is 25.7 Å². The largest absolute Gasteiger partial charge is 0.493 e. The predicted molar refractivity (Wildman–Crippen MR) is 113 cm³/mol. The lowest BCUT2D eigenvalue weighted by molar-refractivity contribution is -0.384. The minimum absolute atomic E-state index is 0.0136. The Bertz CT molecular complexity index is 849. The molecule has 0 aliphatic rings. The summed E-state index contributed by atoms with van der Waals surface area (Å²) < 4.78 is 16.2. The van der Waals surface area contributed by atoms with Crippen LogP contribution in [0.3, 0.4) is 0 Å². The molecule has 2 aromatic carbocycles. The Hall–Kier alpha value is -3.69. The first-order valence-electron chi connectivity index (χ1n) is 9.36. The predicted octanol–water partition coefficient (Wildman–Crippen LogP) is 2.92. The van der Waals surface area contributed by atoms with Crippen molar-refractivity contribution in [1.29, 1.82) is 0 Å². The molecule has 162 valence electrons. The minimum Gasteiger partial charge on any atom is -0.493 e. The number of ether oxygens (including phenoxy) is 3. The van der Waals surface area contributed by atoms with Gasteiger partial charge in [0.25, 0.3) is 5.69 Å². The van der Waals surface area contributed by atoms with Crippen LogP contribution in [-0.4, -0.2) is 44.9 Å². The molecule has 2 aromatic rings. The van der Waals surface area contributed by atoms with Gasteiger partial charge in [0.1, 0.15) is 5.69 Å². The lowest BCUT2D eigenvalue weighted by Crippen LogP contribution is -2.37. The number of anilines is 1. The summed E-state index contributed by atoms with van der Waals surface area (Å²) in [4.78, 5) is 22.6. The normalized spacial score (nSPS) is 10.1. The molecule has 10 nitrogen and oxygen atoms in total. The number of nitrogens with zero attached hydrogens (tertiary/aromatic N) is 1. The van der Waals surface area contributed by atoms with Crippen LogP contribution in [0.25, 0.3) is 0 Å². The summed E-state index contributed by atoms with van der Waals surface area (Å²) in [7, 11) is 3.07. The highest BCUT2D eigenvalue weighted by molar-refractivity contribution is 5.74. The topological polar surface area (TPSA) is 124 Å². The number of methoxy groups -OCH3 is 2. The van der Waals surface area contributed by atoms with Gasteiger partial charge in [-0.3, -0.25) is 10.1 Å². The summed E-state index contributed by atoms with van der Waals surface area (Å²) in [5.41, 5.74) is 1.17. The molecule has 10 heteroatoms. The van der Waals surface area contributed by atoms with Crippen molar-refractivity contribution in [3.63, 3.8) is 0 Å². The molecular formula is C20H26N4O6. The smallest absolute Gasteiger partial charge is 0.315 e. The Labute approximate surface area is 174 Å². The van der Waals surface area contributed by atoms with Crippen LogP contribution in [-0.2, 0) is 6.54 Å². The lowest BCUT2D eigenvalue weighted by Gasteiger charge is -2.15. The molecular weight excluding hydrogens is 392 g/mol. The van der Waals surface area contributed by atoms with Crippen molar-refractivity contribution in [2.24, 2.45) is 0 Å². The maximum atomic E-state index is 12.0. The van der Waals surface area contributed by atoms with Crippen LogP contribution < -0.4 is 30.2 Å². The molecule has 3 N–H and O–H groups in total. The molecule has 0 unspecified atom stereocenters. The fourth-order valence-corrected chi connectivity index (χ4v) is 2.72. The SMILES string of the molecule is CCOc1c(OC)cc(CNC(=O)NCCNc2ccccc2[N+](=O)[O-])cc1OC. The van der Waals surface area contributed by atoms with E-state index in [2.05, 4.69) is 16.0 Å². The average molecular weight is 418 g/mol. The van der Waals surface area contributed by atoms with Gasteiger partial charge in [0.15, 0.2) is 11.5 Å². The molecule has 2 amide bonds. The van der Waals surface area contributed by atoms with Gasteiger partial charge >= 0.3 is 6.03 Å². The number of nitro groups is 1. The number of nitrogens with one attached hydrogen (secondary N) is 3. The molecule has 0 radical (unpaired) electrons. The minimum atomic E-state index is -0.457. The molecule has 0 saturated carbocycles. The van der Waals surface area contributed by atoms with E-state index in [1.165, 1.54) is 20.3 Å².